The van der Waals surface area contributed by atoms with Crippen molar-refractivity contribution >= 4 is 8.32 Å². The summed E-state index contributed by atoms with van der Waals surface area (Å²) in [6, 6.07) is 2.00. The van der Waals surface area contributed by atoms with E-state index in [-0.39, 0.29) is 10.5 Å². The molecule has 4 aliphatic rings. The van der Waals surface area contributed by atoms with E-state index in [1.807, 2.05) is 6.07 Å². The predicted molar refractivity (Wildman–Crippen MR) is 147 cm³/mol. The lowest BCUT2D eigenvalue weighted by atomic mass is 9.44. The van der Waals surface area contributed by atoms with Gasteiger partial charge < -0.3 is 18.7 Å². The normalized spacial score (nSPS) is 43.1. The van der Waals surface area contributed by atoms with E-state index in [1.54, 1.807) is 12.5 Å². The van der Waals surface area contributed by atoms with Crippen LogP contribution in [0.25, 0.3) is 0 Å². The summed E-state index contributed by atoms with van der Waals surface area (Å²) in [6.07, 6.45) is 14.7. The second kappa shape index (κ2) is 9.24. The summed E-state index contributed by atoms with van der Waals surface area (Å²) in [5.74, 6) is 2.94. The van der Waals surface area contributed by atoms with Gasteiger partial charge in [-0.3, -0.25) is 0 Å². The fourth-order valence-corrected chi connectivity index (χ4v) is 10.1. The van der Waals surface area contributed by atoms with Gasteiger partial charge in [-0.2, -0.15) is 0 Å². The molecule has 1 aromatic heterocycles. The highest BCUT2D eigenvalue weighted by molar-refractivity contribution is 6.74. The topological polar surface area (TPSA) is 51.8 Å². The first-order chi connectivity index (χ1) is 16.8. The van der Waals surface area contributed by atoms with Crippen LogP contribution in [-0.4, -0.2) is 32.7 Å². The van der Waals surface area contributed by atoms with Gasteiger partial charge in [-0.25, -0.2) is 0 Å². The van der Waals surface area contributed by atoms with Crippen LogP contribution in [0.2, 0.25) is 18.1 Å². The molecule has 8 atom stereocenters. The van der Waals surface area contributed by atoms with Gasteiger partial charge in [-0.1, -0.05) is 34.6 Å². The third kappa shape index (κ3) is 4.19. The van der Waals surface area contributed by atoms with Gasteiger partial charge in [-0.15, -0.1) is 0 Å². The van der Waals surface area contributed by atoms with Crippen LogP contribution < -0.4 is 0 Å². The molecule has 204 valence electrons. The van der Waals surface area contributed by atoms with E-state index in [1.165, 1.54) is 38.5 Å². The van der Waals surface area contributed by atoms with Crippen LogP contribution >= 0.6 is 0 Å². The predicted octanol–water partition coefficient (Wildman–Crippen LogP) is 7.92. The van der Waals surface area contributed by atoms with Gasteiger partial charge in [0.1, 0.15) is 0 Å². The first-order valence-corrected chi connectivity index (χ1v) is 17.7. The van der Waals surface area contributed by atoms with E-state index >= 15 is 0 Å². The fourth-order valence-electron chi connectivity index (χ4n) is 9.09. The van der Waals surface area contributed by atoms with E-state index in [0.717, 1.165) is 55.8 Å². The van der Waals surface area contributed by atoms with Crippen molar-refractivity contribution in [2.24, 2.45) is 34.5 Å². The Hall–Kier alpha value is -0.623. The van der Waals surface area contributed by atoms with Gasteiger partial charge in [0.2, 0.25) is 0 Å². The molecule has 1 aromatic rings. The van der Waals surface area contributed by atoms with Crippen molar-refractivity contribution in [3.05, 3.63) is 24.2 Å². The Morgan fingerprint density at radius 2 is 1.75 bits per heavy atom. The number of ether oxygens (including phenoxy) is 1. The van der Waals surface area contributed by atoms with Crippen LogP contribution in [0.15, 0.2) is 23.0 Å². The minimum Gasteiger partial charge on any atom is -0.472 e. The van der Waals surface area contributed by atoms with Crippen molar-refractivity contribution in [1.82, 2.24) is 0 Å². The molecule has 0 amide bonds. The van der Waals surface area contributed by atoms with Gasteiger partial charge in [0.15, 0.2) is 8.32 Å². The van der Waals surface area contributed by atoms with Crippen LogP contribution in [0.1, 0.15) is 98.0 Å². The van der Waals surface area contributed by atoms with Gasteiger partial charge in [0, 0.05) is 11.0 Å². The van der Waals surface area contributed by atoms with Crippen LogP contribution in [0.4, 0.5) is 0 Å². The maximum Gasteiger partial charge on any atom is 0.192 e. The summed E-state index contributed by atoms with van der Waals surface area (Å²) >= 11 is 0. The summed E-state index contributed by atoms with van der Waals surface area (Å²) in [6.45, 7) is 18.0. The summed E-state index contributed by atoms with van der Waals surface area (Å²) in [5.41, 5.74) is 0.663. The minimum atomic E-state index is -1.70. The van der Waals surface area contributed by atoms with Crippen molar-refractivity contribution in [3.63, 3.8) is 0 Å². The molecule has 0 radical (unpaired) electrons. The molecule has 0 unspecified atom stereocenters. The van der Waals surface area contributed by atoms with Crippen LogP contribution in [0.3, 0.4) is 0 Å². The Bertz CT molecular complexity index is 906. The molecule has 0 spiro atoms. The molecule has 0 bridgehead atoms. The minimum absolute atomic E-state index is 0.0360. The van der Waals surface area contributed by atoms with Gasteiger partial charge in [0.25, 0.3) is 0 Å². The second-order valence-electron chi connectivity index (χ2n) is 14.9. The molecule has 4 fully saturated rings. The summed E-state index contributed by atoms with van der Waals surface area (Å²) < 4.78 is 18.2. The van der Waals surface area contributed by atoms with Crippen LogP contribution in [0.5, 0.6) is 0 Å². The Balaban J connectivity index is 1.20. The molecule has 4 nitrogen and oxygen atoms in total. The average molecular weight is 517 g/mol. The Morgan fingerprint density at radius 3 is 2.44 bits per heavy atom. The molecule has 5 heteroatoms. The number of rotatable bonds is 6. The molecule has 0 aliphatic heterocycles. The lowest BCUT2D eigenvalue weighted by Gasteiger charge is -2.61. The fraction of sp³-hybridized carbons (Fsp3) is 0.871. The monoisotopic (exact) mass is 516 g/mol. The lowest BCUT2D eigenvalue weighted by Crippen LogP contribution is -2.56. The molecule has 1 heterocycles. The maximum atomic E-state index is 11.9. The van der Waals surface area contributed by atoms with Crippen molar-refractivity contribution < 1.29 is 18.7 Å². The highest BCUT2D eigenvalue weighted by atomic mass is 28.4. The average Bonchev–Trinajstić information content (AvgIpc) is 3.44. The molecule has 0 aromatic carbocycles. The van der Waals surface area contributed by atoms with E-state index < -0.39 is 13.9 Å². The number of furan rings is 1. The quantitative estimate of drug-likeness (QED) is 0.308. The Morgan fingerprint density at radius 1 is 1.00 bits per heavy atom. The molecule has 0 saturated heterocycles. The summed E-state index contributed by atoms with van der Waals surface area (Å²) in [7, 11) is -1.70. The zero-order chi connectivity index (χ0) is 26.0. The molecular formula is C31H52O4Si. The highest BCUT2D eigenvalue weighted by Gasteiger charge is 2.65. The number of hydrogen-bond acceptors (Lipinski definition) is 4. The van der Waals surface area contributed by atoms with E-state index in [2.05, 4.69) is 47.7 Å². The second-order valence-corrected chi connectivity index (χ2v) is 19.7. The SMILES string of the molecule is CC(C)(C)[Si](C)(C)OCCO[C@H]1CC[C@@]2(C)[C@H](CC[C@@H]3[C@@H]2CC[C@@]2(C)[C@H]3CC[C@@]2(O)c2ccoc2)C1. The van der Waals surface area contributed by atoms with Crippen molar-refractivity contribution in [2.75, 3.05) is 13.2 Å². The lowest BCUT2D eigenvalue weighted by molar-refractivity contribution is -0.165. The summed E-state index contributed by atoms with van der Waals surface area (Å²) in [5, 5.41) is 12.2. The van der Waals surface area contributed by atoms with Gasteiger partial charge >= 0.3 is 0 Å². The van der Waals surface area contributed by atoms with E-state index in [9.17, 15) is 5.11 Å². The van der Waals surface area contributed by atoms with Gasteiger partial charge in [-0.05, 0) is 111 Å². The number of hydrogen-bond donors (Lipinski definition) is 1. The van der Waals surface area contributed by atoms with Gasteiger partial charge in [0.05, 0.1) is 37.4 Å². The first kappa shape index (κ1) is 27.0. The zero-order valence-electron chi connectivity index (χ0n) is 24.1. The van der Waals surface area contributed by atoms with Crippen molar-refractivity contribution in [1.29, 1.82) is 0 Å². The van der Waals surface area contributed by atoms with Crippen LogP contribution in [-0.2, 0) is 14.8 Å². The molecule has 5 rings (SSSR count). The Kier molecular flexibility index (Phi) is 6.92. The largest absolute Gasteiger partial charge is 0.472 e. The third-order valence-corrected chi connectivity index (χ3v) is 17.0. The maximum absolute atomic E-state index is 11.9. The zero-order valence-corrected chi connectivity index (χ0v) is 25.1. The highest BCUT2D eigenvalue weighted by Crippen LogP contribution is 2.70. The smallest absolute Gasteiger partial charge is 0.192 e. The Labute approximate surface area is 221 Å². The first-order valence-electron chi connectivity index (χ1n) is 14.8. The molecule has 4 saturated carbocycles. The molecule has 4 aliphatic carbocycles. The number of aliphatic hydroxyl groups is 1. The molecule has 1 N–H and O–H groups in total. The van der Waals surface area contributed by atoms with Crippen molar-refractivity contribution in [3.8, 4) is 0 Å². The standard InChI is InChI=1S/C31H52O4Si/c1-28(2,3)36(6,7)35-19-18-34-24-10-14-29(4)22(20-24)8-9-25-26(29)11-15-30(5)27(25)12-16-31(30,32)23-13-17-33-21-23/h13,17,21-22,24-27,32H,8-12,14-16,18-20H2,1-7H3/t22-,24+,25-,26+,27+,29+,30+,31-/m1/s1. The molecular weight excluding hydrogens is 464 g/mol. The van der Waals surface area contributed by atoms with E-state index in [4.69, 9.17) is 13.6 Å². The van der Waals surface area contributed by atoms with E-state index in [0.29, 0.717) is 17.4 Å². The molecule has 36 heavy (non-hydrogen) atoms. The number of fused-ring (bicyclic) bond motifs is 5. The van der Waals surface area contributed by atoms with Crippen LogP contribution in [0, 0.1) is 34.5 Å². The summed E-state index contributed by atoms with van der Waals surface area (Å²) in [4.78, 5) is 0. The van der Waals surface area contributed by atoms with Crippen molar-refractivity contribution in [2.45, 2.75) is 122 Å². The third-order valence-electron chi connectivity index (χ3n) is 12.5.